The number of benzene rings is 2. The van der Waals surface area contributed by atoms with E-state index in [1.165, 1.54) is 28.8 Å². The summed E-state index contributed by atoms with van der Waals surface area (Å²) in [5.74, 6) is -1.38. The van der Waals surface area contributed by atoms with Crippen molar-refractivity contribution in [2.75, 3.05) is 0 Å². The van der Waals surface area contributed by atoms with Gasteiger partial charge in [0.25, 0.3) is 5.91 Å². The number of phenols is 1. The molecule has 0 amide bonds. The maximum absolute atomic E-state index is 12.8. The van der Waals surface area contributed by atoms with Crippen LogP contribution in [0.15, 0.2) is 48.5 Å². The van der Waals surface area contributed by atoms with Crippen LogP contribution in [-0.2, 0) is 11.2 Å². The number of carboxylic acid groups (broad SMARTS) is 1. The van der Waals surface area contributed by atoms with Crippen LogP contribution in [0, 0.1) is 6.92 Å². The van der Waals surface area contributed by atoms with Crippen molar-refractivity contribution < 1.29 is 19.8 Å². The van der Waals surface area contributed by atoms with E-state index >= 15 is 0 Å². The van der Waals surface area contributed by atoms with Gasteiger partial charge >= 0.3 is 0 Å². The zero-order chi connectivity index (χ0) is 16.6. The Balaban J connectivity index is 2.21. The quantitative estimate of drug-likeness (QED) is 0.797. The van der Waals surface area contributed by atoms with Crippen LogP contribution in [0.2, 0.25) is 0 Å². The lowest BCUT2D eigenvalue weighted by atomic mass is 10.1. The Labute approximate surface area is 132 Å². The predicted octanol–water partition coefficient (Wildman–Crippen LogP) is 1.64. The fraction of sp³-hybridized carbons (Fsp3) is 0.111. The van der Waals surface area contributed by atoms with Crippen LogP contribution in [0.5, 0.6) is 5.75 Å². The summed E-state index contributed by atoms with van der Waals surface area (Å²) >= 11 is 0. The van der Waals surface area contributed by atoms with Gasteiger partial charge < -0.3 is 15.0 Å². The van der Waals surface area contributed by atoms with E-state index in [4.69, 9.17) is 0 Å². The van der Waals surface area contributed by atoms with Crippen molar-refractivity contribution in [1.82, 2.24) is 4.57 Å². The Morgan fingerprint density at radius 1 is 1.09 bits per heavy atom. The van der Waals surface area contributed by atoms with E-state index in [2.05, 4.69) is 0 Å². The van der Waals surface area contributed by atoms with Crippen molar-refractivity contribution in [3.63, 3.8) is 0 Å². The van der Waals surface area contributed by atoms with E-state index in [9.17, 15) is 19.8 Å². The molecule has 1 heterocycles. The number of aromatic nitrogens is 1. The first-order chi connectivity index (χ1) is 11.0. The molecule has 1 N–H and O–H groups in total. The van der Waals surface area contributed by atoms with Gasteiger partial charge in [0.1, 0.15) is 5.75 Å². The van der Waals surface area contributed by atoms with Crippen LogP contribution in [0.1, 0.15) is 21.6 Å². The largest absolute Gasteiger partial charge is 0.550 e. The number of nitrogens with zero attached hydrogens (tertiary/aromatic N) is 1. The number of carbonyl (C=O) groups is 2. The SMILES string of the molecule is Cc1c(CC(=O)[O-])c2ccccc2n1C(=O)c1ccc(O)cc1. The van der Waals surface area contributed by atoms with E-state index in [1.54, 1.807) is 31.2 Å². The maximum Gasteiger partial charge on any atom is 0.262 e. The van der Waals surface area contributed by atoms with Crippen molar-refractivity contribution in [3.05, 3.63) is 65.4 Å². The molecule has 0 aliphatic rings. The molecule has 0 unspecified atom stereocenters. The number of hydrogen-bond donors (Lipinski definition) is 1. The molecule has 5 heteroatoms. The van der Waals surface area contributed by atoms with Crippen LogP contribution in [0.4, 0.5) is 0 Å². The number of aliphatic carboxylic acids is 1. The van der Waals surface area contributed by atoms with Crippen LogP contribution in [0.25, 0.3) is 10.9 Å². The number of carbonyl (C=O) groups excluding carboxylic acids is 2. The van der Waals surface area contributed by atoms with Gasteiger partial charge in [-0.25, -0.2) is 0 Å². The third-order valence-corrected chi connectivity index (χ3v) is 3.88. The first kappa shape index (κ1) is 14.8. The number of hydrogen-bond acceptors (Lipinski definition) is 4. The molecular weight excluding hydrogens is 294 g/mol. The summed E-state index contributed by atoms with van der Waals surface area (Å²) in [4.78, 5) is 23.8. The van der Waals surface area contributed by atoms with Gasteiger partial charge in [0.05, 0.1) is 5.52 Å². The molecule has 1 aromatic heterocycles. The summed E-state index contributed by atoms with van der Waals surface area (Å²) in [6.45, 7) is 1.72. The van der Waals surface area contributed by atoms with Gasteiger partial charge in [0.15, 0.2) is 0 Å². The monoisotopic (exact) mass is 308 g/mol. The zero-order valence-corrected chi connectivity index (χ0v) is 12.4. The molecule has 0 aliphatic carbocycles. The highest BCUT2D eigenvalue weighted by atomic mass is 16.4. The lowest BCUT2D eigenvalue weighted by Gasteiger charge is -2.08. The summed E-state index contributed by atoms with van der Waals surface area (Å²) in [5, 5.41) is 21.1. The highest BCUT2D eigenvalue weighted by molar-refractivity contribution is 6.04. The molecule has 5 nitrogen and oxygen atoms in total. The summed E-state index contributed by atoms with van der Waals surface area (Å²) in [6.07, 6.45) is -0.248. The van der Waals surface area contributed by atoms with Gasteiger partial charge in [-0.15, -0.1) is 0 Å². The minimum absolute atomic E-state index is 0.0771. The molecule has 0 bridgehead atoms. The molecule has 0 atom stereocenters. The zero-order valence-electron chi connectivity index (χ0n) is 12.4. The molecule has 0 saturated heterocycles. The number of fused-ring (bicyclic) bond motifs is 1. The van der Waals surface area contributed by atoms with Crippen LogP contribution in [0.3, 0.4) is 0 Å². The maximum atomic E-state index is 12.8. The van der Waals surface area contributed by atoms with E-state index < -0.39 is 5.97 Å². The molecule has 3 aromatic rings. The van der Waals surface area contributed by atoms with Crippen LogP contribution in [-0.4, -0.2) is 21.6 Å². The Morgan fingerprint density at radius 2 is 1.74 bits per heavy atom. The van der Waals surface area contributed by atoms with E-state index in [-0.39, 0.29) is 18.1 Å². The first-order valence-electron chi connectivity index (χ1n) is 7.11. The minimum Gasteiger partial charge on any atom is -0.550 e. The second-order valence-electron chi connectivity index (χ2n) is 5.32. The van der Waals surface area contributed by atoms with E-state index in [0.29, 0.717) is 22.3 Å². The molecule has 0 saturated carbocycles. The summed E-state index contributed by atoms with van der Waals surface area (Å²) in [6, 6.07) is 13.1. The molecule has 0 radical (unpaired) electrons. The standard InChI is InChI=1S/C18H15NO4/c1-11-15(10-17(21)22)14-4-2-3-5-16(14)19(11)18(23)12-6-8-13(20)9-7-12/h2-9,20H,10H2,1H3,(H,21,22)/p-1. The second-order valence-corrected chi connectivity index (χ2v) is 5.32. The summed E-state index contributed by atoms with van der Waals surface area (Å²) in [5.41, 5.74) is 2.21. The van der Waals surface area contributed by atoms with Crippen LogP contribution >= 0.6 is 0 Å². The Hall–Kier alpha value is -3.08. The number of carboxylic acids is 1. The Kier molecular flexibility index (Phi) is 3.62. The molecule has 0 aliphatic heterocycles. The van der Waals surface area contributed by atoms with Gasteiger partial charge in [-0.2, -0.15) is 0 Å². The lowest BCUT2D eigenvalue weighted by molar-refractivity contribution is -0.304. The number of phenolic OH excluding ortho intramolecular Hbond substituents is 1. The Bertz CT molecular complexity index is 907. The third-order valence-electron chi connectivity index (χ3n) is 3.88. The van der Waals surface area contributed by atoms with Crippen molar-refractivity contribution in [1.29, 1.82) is 0 Å². The normalized spacial score (nSPS) is 10.8. The average molecular weight is 308 g/mol. The lowest BCUT2D eigenvalue weighted by Crippen LogP contribution is -2.24. The van der Waals surface area contributed by atoms with Crippen molar-refractivity contribution >= 4 is 22.8 Å². The fourth-order valence-electron chi connectivity index (χ4n) is 2.80. The molecular formula is C18H14NO4-. The molecule has 3 rings (SSSR count). The van der Waals surface area contributed by atoms with Gasteiger partial charge in [0, 0.05) is 29.0 Å². The Morgan fingerprint density at radius 3 is 2.39 bits per heavy atom. The molecule has 2 aromatic carbocycles. The molecule has 0 spiro atoms. The van der Waals surface area contributed by atoms with Crippen LogP contribution < -0.4 is 5.11 Å². The minimum atomic E-state index is -1.19. The summed E-state index contributed by atoms with van der Waals surface area (Å²) in [7, 11) is 0. The second kappa shape index (κ2) is 5.61. The van der Waals surface area contributed by atoms with E-state index in [0.717, 1.165) is 5.39 Å². The van der Waals surface area contributed by atoms with E-state index in [1.807, 2.05) is 0 Å². The van der Waals surface area contributed by atoms with Crippen molar-refractivity contribution in [3.8, 4) is 5.75 Å². The topological polar surface area (TPSA) is 82.4 Å². The van der Waals surface area contributed by atoms with Crippen molar-refractivity contribution in [2.24, 2.45) is 0 Å². The highest BCUT2D eigenvalue weighted by Crippen LogP contribution is 2.27. The molecule has 116 valence electrons. The highest BCUT2D eigenvalue weighted by Gasteiger charge is 2.19. The van der Waals surface area contributed by atoms with Gasteiger partial charge in [0.2, 0.25) is 0 Å². The predicted molar refractivity (Wildman–Crippen MR) is 83.2 cm³/mol. The van der Waals surface area contributed by atoms with Crippen molar-refractivity contribution in [2.45, 2.75) is 13.3 Å². The first-order valence-corrected chi connectivity index (χ1v) is 7.11. The smallest absolute Gasteiger partial charge is 0.262 e. The average Bonchev–Trinajstić information content (AvgIpc) is 2.80. The number of rotatable bonds is 3. The third kappa shape index (κ3) is 2.57. The summed E-state index contributed by atoms with van der Waals surface area (Å²) < 4.78 is 1.50. The number of para-hydroxylation sites is 1. The van der Waals surface area contributed by atoms with Gasteiger partial charge in [-0.1, -0.05) is 18.2 Å². The van der Waals surface area contributed by atoms with Gasteiger partial charge in [-0.05, 0) is 42.8 Å². The fourth-order valence-corrected chi connectivity index (χ4v) is 2.80. The molecule has 23 heavy (non-hydrogen) atoms. The molecule has 0 fully saturated rings. The number of aromatic hydroxyl groups is 1. The van der Waals surface area contributed by atoms with Gasteiger partial charge in [-0.3, -0.25) is 9.36 Å².